The van der Waals surface area contributed by atoms with Crippen LogP contribution in [0.2, 0.25) is 0 Å². The highest BCUT2D eigenvalue weighted by Crippen LogP contribution is 2.19. The largest absolute Gasteiger partial charge is 0.361 e. The summed E-state index contributed by atoms with van der Waals surface area (Å²) < 4.78 is 13.7. The molecule has 6 heteroatoms. The molecular weight excluding hydrogens is 442 g/mol. The Morgan fingerprint density at radius 2 is 1.92 bits per heavy atom. The molecule has 0 atom stereocenters. The molecule has 0 saturated carbocycles. The summed E-state index contributed by atoms with van der Waals surface area (Å²) in [5.74, 6) is 0.457. The lowest BCUT2D eigenvalue weighted by molar-refractivity contribution is 0.604. The molecule has 0 fully saturated rings. The van der Waals surface area contributed by atoms with Crippen molar-refractivity contribution in [3.63, 3.8) is 0 Å². The first-order valence-electron chi connectivity index (χ1n) is 8.42. The molecule has 0 aliphatic carbocycles. The standard InChI is InChI=1S/C20H23FN4.HI/c1-14-7-8-17-15(12-24-19(17)11-14)9-10-23-20(22-2)25-13-16-5-3-4-6-18(16)21;/h3-8,11-12,24H,9-10,13H2,1-2H3,(H2,22,23,25);1H. The average Bonchev–Trinajstić information content (AvgIpc) is 3.01. The first kappa shape index (κ1) is 20.2. The summed E-state index contributed by atoms with van der Waals surface area (Å²) in [4.78, 5) is 7.51. The smallest absolute Gasteiger partial charge is 0.191 e. The number of aromatic nitrogens is 1. The predicted octanol–water partition coefficient (Wildman–Crippen LogP) is 4.14. The van der Waals surface area contributed by atoms with Crippen LogP contribution < -0.4 is 10.6 Å². The summed E-state index contributed by atoms with van der Waals surface area (Å²) in [5, 5.41) is 7.67. The van der Waals surface area contributed by atoms with Crippen LogP contribution >= 0.6 is 24.0 Å². The minimum atomic E-state index is -0.209. The number of hydrogen-bond acceptors (Lipinski definition) is 1. The molecule has 0 bridgehead atoms. The van der Waals surface area contributed by atoms with Crippen LogP contribution in [0, 0.1) is 12.7 Å². The van der Waals surface area contributed by atoms with Crippen LogP contribution in [0.25, 0.3) is 10.9 Å². The lowest BCUT2D eigenvalue weighted by Gasteiger charge is -2.12. The molecule has 3 rings (SSSR count). The second kappa shape index (κ2) is 9.56. The zero-order valence-electron chi connectivity index (χ0n) is 15.0. The van der Waals surface area contributed by atoms with E-state index in [0.29, 0.717) is 18.1 Å². The number of H-pyrrole nitrogens is 1. The maximum atomic E-state index is 13.7. The highest BCUT2D eigenvalue weighted by Gasteiger charge is 2.05. The molecule has 2 aromatic carbocycles. The van der Waals surface area contributed by atoms with E-state index in [2.05, 4.69) is 51.9 Å². The summed E-state index contributed by atoms with van der Waals surface area (Å²) in [6.45, 7) is 3.24. The average molecular weight is 466 g/mol. The fourth-order valence-corrected chi connectivity index (χ4v) is 2.86. The lowest BCUT2D eigenvalue weighted by Crippen LogP contribution is -2.38. The molecule has 4 nitrogen and oxygen atoms in total. The number of fused-ring (bicyclic) bond motifs is 1. The Morgan fingerprint density at radius 1 is 1.12 bits per heavy atom. The third-order valence-electron chi connectivity index (χ3n) is 4.24. The fraction of sp³-hybridized carbons (Fsp3) is 0.250. The first-order chi connectivity index (χ1) is 12.2. The fourth-order valence-electron chi connectivity index (χ4n) is 2.86. The maximum absolute atomic E-state index is 13.7. The van der Waals surface area contributed by atoms with Crippen LogP contribution in [0.15, 0.2) is 53.7 Å². The van der Waals surface area contributed by atoms with Gasteiger partial charge in [-0.05, 0) is 36.6 Å². The predicted molar refractivity (Wildman–Crippen MR) is 117 cm³/mol. The molecule has 3 N–H and O–H groups in total. The third kappa shape index (κ3) is 4.97. The van der Waals surface area contributed by atoms with E-state index in [-0.39, 0.29) is 29.8 Å². The molecular formula is C20H24FIN4. The Bertz CT molecular complexity index is 888. The van der Waals surface area contributed by atoms with Crippen molar-refractivity contribution >= 4 is 40.8 Å². The van der Waals surface area contributed by atoms with Crippen LogP contribution in [0.4, 0.5) is 4.39 Å². The minimum Gasteiger partial charge on any atom is -0.361 e. The number of halogens is 2. The second-order valence-corrected chi connectivity index (χ2v) is 6.06. The first-order valence-corrected chi connectivity index (χ1v) is 8.42. The Hall–Kier alpha value is -2.09. The molecule has 0 spiro atoms. The van der Waals surface area contributed by atoms with Crippen molar-refractivity contribution in [2.24, 2.45) is 4.99 Å². The third-order valence-corrected chi connectivity index (χ3v) is 4.24. The quantitative estimate of drug-likeness (QED) is 0.301. The van der Waals surface area contributed by atoms with Gasteiger partial charge in [-0.2, -0.15) is 0 Å². The molecule has 1 aromatic heterocycles. The Morgan fingerprint density at radius 3 is 2.69 bits per heavy atom. The van der Waals surface area contributed by atoms with Gasteiger partial charge >= 0.3 is 0 Å². The summed E-state index contributed by atoms with van der Waals surface area (Å²) in [7, 11) is 1.71. The molecule has 3 aromatic rings. The van der Waals surface area contributed by atoms with Crippen molar-refractivity contribution in [3.05, 3.63) is 71.2 Å². The van der Waals surface area contributed by atoms with E-state index < -0.39 is 0 Å². The van der Waals surface area contributed by atoms with Gasteiger partial charge in [0.1, 0.15) is 5.82 Å². The number of guanidine groups is 1. The zero-order valence-corrected chi connectivity index (χ0v) is 17.3. The van der Waals surface area contributed by atoms with E-state index in [9.17, 15) is 4.39 Å². The number of aromatic amines is 1. The summed E-state index contributed by atoms with van der Waals surface area (Å²) in [6, 6.07) is 13.2. The Labute approximate surface area is 170 Å². The van der Waals surface area contributed by atoms with Crippen molar-refractivity contribution in [2.45, 2.75) is 19.9 Å². The maximum Gasteiger partial charge on any atom is 0.191 e. The van der Waals surface area contributed by atoms with Gasteiger partial charge in [0.05, 0.1) is 0 Å². The van der Waals surface area contributed by atoms with Crippen molar-refractivity contribution < 1.29 is 4.39 Å². The number of hydrogen-bond donors (Lipinski definition) is 3. The number of benzene rings is 2. The van der Waals surface area contributed by atoms with E-state index in [1.54, 1.807) is 19.2 Å². The molecule has 0 saturated heterocycles. The number of nitrogens with zero attached hydrogens (tertiary/aromatic N) is 1. The van der Waals surface area contributed by atoms with Crippen LogP contribution in [-0.4, -0.2) is 24.5 Å². The van der Waals surface area contributed by atoms with Crippen molar-refractivity contribution in [1.82, 2.24) is 15.6 Å². The number of aryl methyl sites for hydroxylation is 1. The topological polar surface area (TPSA) is 52.2 Å². The number of rotatable bonds is 5. The van der Waals surface area contributed by atoms with Crippen LogP contribution in [-0.2, 0) is 13.0 Å². The highest BCUT2D eigenvalue weighted by atomic mass is 127. The van der Waals surface area contributed by atoms with Gasteiger partial charge in [-0.1, -0.05) is 30.3 Å². The second-order valence-electron chi connectivity index (χ2n) is 6.06. The van der Waals surface area contributed by atoms with Crippen molar-refractivity contribution in [1.29, 1.82) is 0 Å². The monoisotopic (exact) mass is 466 g/mol. The molecule has 26 heavy (non-hydrogen) atoms. The summed E-state index contributed by atoms with van der Waals surface area (Å²) in [5.41, 5.74) is 4.30. The SMILES string of the molecule is CN=C(NCCc1c[nH]c2cc(C)ccc12)NCc1ccccc1F.I. The van der Waals surface area contributed by atoms with Gasteiger partial charge in [-0.15, -0.1) is 24.0 Å². The molecule has 0 aliphatic rings. The van der Waals surface area contributed by atoms with Gasteiger partial charge in [0.25, 0.3) is 0 Å². The molecule has 1 heterocycles. The van der Waals surface area contributed by atoms with Crippen LogP contribution in [0.3, 0.4) is 0 Å². The highest BCUT2D eigenvalue weighted by molar-refractivity contribution is 14.0. The van der Waals surface area contributed by atoms with Gasteiger partial charge in [0.2, 0.25) is 0 Å². The van der Waals surface area contributed by atoms with Crippen molar-refractivity contribution in [2.75, 3.05) is 13.6 Å². The Kier molecular flexibility index (Phi) is 7.44. The molecule has 0 unspecified atom stereocenters. The van der Waals surface area contributed by atoms with Crippen LogP contribution in [0.1, 0.15) is 16.7 Å². The van der Waals surface area contributed by atoms with Gasteiger partial charge in [0.15, 0.2) is 5.96 Å². The molecule has 0 aliphatic heterocycles. The summed E-state index contributed by atoms with van der Waals surface area (Å²) in [6.07, 6.45) is 2.94. The van der Waals surface area contributed by atoms with E-state index in [1.807, 2.05) is 6.07 Å². The van der Waals surface area contributed by atoms with Crippen molar-refractivity contribution in [3.8, 4) is 0 Å². The number of nitrogens with one attached hydrogen (secondary N) is 3. The van der Waals surface area contributed by atoms with E-state index >= 15 is 0 Å². The zero-order chi connectivity index (χ0) is 17.6. The van der Waals surface area contributed by atoms with Gasteiger partial charge < -0.3 is 15.6 Å². The molecule has 138 valence electrons. The molecule has 0 radical (unpaired) electrons. The van der Waals surface area contributed by atoms with Gasteiger partial charge in [-0.25, -0.2) is 4.39 Å². The van der Waals surface area contributed by atoms with E-state index in [0.717, 1.165) is 18.5 Å². The lowest BCUT2D eigenvalue weighted by atomic mass is 10.1. The summed E-state index contributed by atoms with van der Waals surface area (Å²) >= 11 is 0. The minimum absolute atomic E-state index is 0. The van der Waals surface area contributed by atoms with E-state index in [1.165, 1.54) is 22.6 Å². The number of aliphatic imine (C=N–C) groups is 1. The van der Waals surface area contributed by atoms with E-state index in [4.69, 9.17) is 0 Å². The van der Waals surface area contributed by atoms with Gasteiger partial charge in [-0.3, -0.25) is 4.99 Å². The van der Waals surface area contributed by atoms with Crippen LogP contribution in [0.5, 0.6) is 0 Å². The Balaban J connectivity index is 0.00000243. The molecule has 0 amide bonds. The van der Waals surface area contributed by atoms with Gasteiger partial charge in [0, 0.05) is 42.8 Å². The normalized spacial score (nSPS) is 11.3.